The molecule has 1 aromatic heterocycles. The van der Waals surface area contributed by atoms with Crippen LogP contribution in [0, 0.1) is 0 Å². The summed E-state index contributed by atoms with van der Waals surface area (Å²) < 4.78 is 4.97. The molecule has 0 aliphatic heterocycles. The molecule has 2 rings (SSSR count). The van der Waals surface area contributed by atoms with Gasteiger partial charge in [-0.25, -0.2) is 0 Å². The summed E-state index contributed by atoms with van der Waals surface area (Å²) in [6.07, 6.45) is 0. The molecular formula is C8H4N2OS. The summed E-state index contributed by atoms with van der Waals surface area (Å²) in [4.78, 5) is 3.75. The lowest BCUT2D eigenvalue weighted by molar-refractivity contribution is 0.459. The Morgan fingerprint density at radius 2 is 2.25 bits per heavy atom. The first-order chi connectivity index (χ1) is 5.92. The fourth-order valence-electron chi connectivity index (χ4n) is 0.996. The molecule has 4 heteroatoms. The standard InChI is InChI=1S/C8H4N2OS/c12-5-9-8-6-3-1-2-4-7(6)11-10-8/h1-4H. The third kappa shape index (κ3) is 1.03. The summed E-state index contributed by atoms with van der Waals surface area (Å²) in [5, 5.41) is 6.82. The van der Waals surface area contributed by atoms with Crippen LogP contribution in [0.4, 0.5) is 5.82 Å². The van der Waals surface area contributed by atoms with Crippen LogP contribution >= 0.6 is 12.2 Å². The van der Waals surface area contributed by atoms with Crippen molar-refractivity contribution in [3.05, 3.63) is 24.3 Å². The summed E-state index contributed by atoms with van der Waals surface area (Å²) in [7, 11) is 0. The van der Waals surface area contributed by atoms with E-state index in [4.69, 9.17) is 4.52 Å². The SMILES string of the molecule is S=C=Nc1noc2ccccc12. The average molecular weight is 176 g/mol. The Balaban J connectivity index is 2.78. The average Bonchev–Trinajstić information content (AvgIpc) is 2.50. The van der Waals surface area contributed by atoms with Gasteiger partial charge in [-0.05, 0) is 24.4 Å². The van der Waals surface area contributed by atoms with Crippen LogP contribution in [0.25, 0.3) is 11.0 Å². The number of nitrogens with zero attached hydrogens (tertiary/aromatic N) is 2. The van der Waals surface area contributed by atoms with Gasteiger partial charge in [0.05, 0.1) is 10.5 Å². The van der Waals surface area contributed by atoms with E-state index in [0.717, 1.165) is 5.39 Å². The molecule has 0 N–H and O–H groups in total. The normalized spacial score (nSPS) is 9.67. The monoisotopic (exact) mass is 176 g/mol. The van der Waals surface area contributed by atoms with Gasteiger partial charge in [-0.15, -0.1) is 0 Å². The van der Waals surface area contributed by atoms with Gasteiger partial charge in [0.2, 0.25) is 5.82 Å². The van der Waals surface area contributed by atoms with Gasteiger partial charge in [-0.3, -0.25) is 0 Å². The maximum atomic E-state index is 4.97. The molecule has 58 valence electrons. The summed E-state index contributed by atoms with van der Waals surface area (Å²) in [5.74, 6) is 0.487. The molecule has 0 spiro atoms. The maximum absolute atomic E-state index is 4.97. The zero-order valence-electron chi connectivity index (χ0n) is 6.02. The highest BCUT2D eigenvalue weighted by Crippen LogP contribution is 2.23. The molecule has 0 unspecified atom stereocenters. The fraction of sp³-hybridized carbons (Fsp3) is 0. The van der Waals surface area contributed by atoms with Crippen molar-refractivity contribution in [1.29, 1.82) is 0 Å². The minimum Gasteiger partial charge on any atom is -0.354 e. The van der Waals surface area contributed by atoms with E-state index in [0.29, 0.717) is 11.4 Å². The van der Waals surface area contributed by atoms with Crippen LogP contribution in [0.2, 0.25) is 0 Å². The van der Waals surface area contributed by atoms with Crippen molar-refractivity contribution >= 4 is 34.2 Å². The molecule has 0 fully saturated rings. The van der Waals surface area contributed by atoms with E-state index < -0.39 is 0 Å². The van der Waals surface area contributed by atoms with Crippen LogP contribution in [-0.2, 0) is 0 Å². The van der Waals surface area contributed by atoms with Crippen LogP contribution in [0.1, 0.15) is 0 Å². The lowest BCUT2D eigenvalue weighted by atomic mass is 10.2. The second kappa shape index (κ2) is 2.85. The van der Waals surface area contributed by atoms with E-state index in [1.54, 1.807) is 0 Å². The second-order valence-electron chi connectivity index (χ2n) is 2.21. The van der Waals surface area contributed by atoms with E-state index in [2.05, 4.69) is 27.5 Å². The zero-order valence-corrected chi connectivity index (χ0v) is 6.84. The molecular weight excluding hydrogens is 172 g/mol. The van der Waals surface area contributed by atoms with Gasteiger partial charge in [0, 0.05) is 0 Å². The van der Waals surface area contributed by atoms with Gasteiger partial charge < -0.3 is 4.52 Å². The predicted octanol–water partition coefficient (Wildman–Crippen LogP) is 2.56. The van der Waals surface area contributed by atoms with E-state index in [9.17, 15) is 0 Å². The van der Waals surface area contributed by atoms with Gasteiger partial charge in [0.15, 0.2) is 5.58 Å². The van der Waals surface area contributed by atoms with Crippen molar-refractivity contribution in [2.45, 2.75) is 0 Å². The molecule has 0 saturated heterocycles. The Labute approximate surface area is 73.7 Å². The molecule has 12 heavy (non-hydrogen) atoms. The number of benzene rings is 1. The highest BCUT2D eigenvalue weighted by Gasteiger charge is 2.03. The third-order valence-corrected chi connectivity index (χ3v) is 1.60. The van der Waals surface area contributed by atoms with Crippen molar-refractivity contribution in [3.8, 4) is 0 Å². The Morgan fingerprint density at radius 3 is 3.08 bits per heavy atom. The molecule has 1 aromatic carbocycles. The Hall–Kier alpha value is -1.51. The zero-order chi connectivity index (χ0) is 8.39. The summed E-state index contributed by atoms with van der Waals surface area (Å²) >= 11 is 4.46. The van der Waals surface area contributed by atoms with Crippen LogP contribution < -0.4 is 0 Å². The first-order valence-electron chi connectivity index (χ1n) is 3.34. The van der Waals surface area contributed by atoms with E-state index in [1.807, 2.05) is 24.3 Å². The summed E-state index contributed by atoms with van der Waals surface area (Å²) in [5.41, 5.74) is 0.710. The van der Waals surface area contributed by atoms with E-state index in [-0.39, 0.29) is 0 Å². The molecule has 0 amide bonds. The molecule has 0 aliphatic rings. The van der Waals surface area contributed by atoms with Gasteiger partial charge in [0.25, 0.3) is 0 Å². The summed E-state index contributed by atoms with van der Waals surface area (Å²) in [6.45, 7) is 0. The quantitative estimate of drug-likeness (QED) is 0.495. The number of isothiocyanates is 1. The molecule has 3 nitrogen and oxygen atoms in total. The minimum absolute atomic E-state index is 0.487. The number of hydrogen-bond acceptors (Lipinski definition) is 4. The van der Waals surface area contributed by atoms with Crippen molar-refractivity contribution in [3.63, 3.8) is 0 Å². The Kier molecular flexibility index (Phi) is 1.70. The molecule has 0 atom stereocenters. The van der Waals surface area contributed by atoms with Crippen molar-refractivity contribution < 1.29 is 4.52 Å². The lowest BCUT2D eigenvalue weighted by Crippen LogP contribution is -1.62. The largest absolute Gasteiger partial charge is 0.354 e. The van der Waals surface area contributed by atoms with Gasteiger partial charge in [-0.2, -0.15) is 4.99 Å². The van der Waals surface area contributed by atoms with E-state index in [1.165, 1.54) is 0 Å². The minimum atomic E-state index is 0.487. The molecule has 1 heterocycles. The topological polar surface area (TPSA) is 38.4 Å². The Morgan fingerprint density at radius 1 is 1.42 bits per heavy atom. The number of fused-ring (bicyclic) bond motifs is 1. The first-order valence-corrected chi connectivity index (χ1v) is 3.75. The molecule has 0 radical (unpaired) electrons. The number of hydrogen-bond donors (Lipinski definition) is 0. The third-order valence-electron chi connectivity index (χ3n) is 1.51. The number of rotatable bonds is 1. The highest BCUT2D eigenvalue weighted by atomic mass is 32.1. The smallest absolute Gasteiger partial charge is 0.212 e. The molecule has 0 aliphatic carbocycles. The van der Waals surface area contributed by atoms with E-state index >= 15 is 0 Å². The van der Waals surface area contributed by atoms with Crippen molar-refractivity contribution in [2.75, 3.05) is 0 Å². The number of para-hydroxylation sites is 1. The molecule has 0 bridgehead atoms. The molecule has 2 aromatic rings. The fourth-order valence-corrected chi connectivity index (χ4v) is 1.08. The van der Waals surface area contributed by atoms with Gasteiger partial charge in [-0.1, -0.05) is 17.3 Å². The summed E-state index contributed by atoms with van der Waals surface area (Å²) in [6, 6.07) is 7.46. The van der Waals surface area contributed by atoms with Crippen LogP contribution in [0.3, 0.4) is 0 Å². The Bertz CT molecular complexity index is 457. The van der Waals surface area contributed by atoms with Gasteiger partial charge >= 0.3 is 0 Å². The van der Waals surface area contributed by atoms with Crippen LogP contribution in [0.5, 0.6) is 0 Å². The maximum Gasteiger partial charge on any atom is 0.212 e. The van der Waals surface area contributed by atoms with Crippen LogP contribution in [-0.4, -0.2) is 10.3 Å². The van der Waals surface area contributed by atoms with Crippen molar-refractivity contribution in [2.24, 2.45) is 4.99 Å². The predicted molar refractivity (Wildman–Crippen MR) is 48.7 cm³/mol. The van der Waals surface area contributed by atoms with Crippen LogP contribution in [0.15, 0.2) is 33.8 Å². The number of thiocarbonyl (C=S) groups is 1. The lowest BCUT2D eigenvalue weighted by Gasteiger charge is -1.82. The first kappa shape index (κ1) is 7.16. The highest BCUT2D eigenvalue weighted by molar-refractivity contribution is 7.78. The number of aromatic nitrogens is 1. The molecule has 0 saturated carbocycles. The number of aliphatic imine (C=N–C) groups is 1. The van der Waals surface area contributed by atoms with Crippen molar-refractivity contribution in [1.82, 2.24) is 5.16 Å². The second-order valence-corrected chi connectivity index (χ2v) is 2.39. The van der Waals surface area contributed by atoms with Gasteiger partial charge in [0.1, 0.15) is 0 Å².